The Kier molecular flexibility index (Phi) is 2.80. The quantitative estimate of drug-likeness (QED) is 0.618. The summed E-state index contributed by atoms with van der Waals surface area (Å²) in [6, 6.07) is 3.39. The number of rotatable bonds is 2. The number of nitrogens with one attached hydrogen (secondary N) is 1. The van der Waals surface area contributed by atoms with E-state index in [1.54, 1.807) is 0 Å². The Morgan fingerprint density at radius 1 is 1.50 bits per heavy atom. The van der Waals surface area contributed by atoms with Gasteiger partial charge in [-0.2, -0.15) is 0 Å². The Balaban J connectivity index is 2.24. The number of hydrogen-bond donors (Lipinski definition) is 1. The van der Waals surface area contributed by atoms with Gasteiger partial charge in [0, 0.05) is 25.1 Å². The van der Waals surface area contributed by atoms with Gasteiger partial charge in [-0.25, -0.2) is 4.39 Å². The molecule has 0 bridgehead atoms. The van der Waals surface area contributed by atoms with Crippen LogP contribution >= 0.6 is 0 Å². The molecule has 5 nitrogen and oxygen atoms in total. The average molecular weight is 223 g/mol. The first kappa shape index (κ1) is 10.5. The van der Waals surface area contributed by atoms with Crippen LogP contribution in [0.3, 0.4) is 0 Å². The van der Waals surface area contributed by atoms with Gasteiger partial charge in [0.2, 0.25) is 0 Å². The van der Waals surface area contributed by atoms with Crippen molar-refractivity contribution in [1.29, 1.82) is 0 Å². The normalized spacial score (nSPS) is 14.7. The monoisotopic (exact) mass is 223 g/mol. The molecule has 0 saturated heterocycles. The Labute approximate surface area is 91.1 Å². The van der Waals surface area contributed by atoms with Crippen molar-refractivity contribution in [1.82, 2.24) is 0 Å². The number of nitro benzene ring substituents is 1. The van der Waals surface area contributed by atoms with E-state index in [9.17, 15) is 14.5 Å². The number of amidine groups is 1. The maximum Gasteiger partial charge on any atom is 0.271 e. The first-order valence-electron chi connectivity index (χ1n) is 4.91. The summed E-state index contributed by atoms with van der Waals surface area (Å²) in [4.78, 5) is 14.1. The molecule has 1 aromatic carbocycles. The second-order valence-electron chi connectivity index (χ2n) is 3.48. The largest absolute Gasteiger partial charge is 0.341 e. The van der Waals surface area contributed by atoms with Gasteiger partial charge in [-0.05, 0) is 12.5 Å². The minimum atomic E-state index is -0.554. The molecule has 0 spiro atoms. The molecule has 0 radical (unpaired) electrons. The molecule has 84 valence electrons. The first-order valence-corrected chi connectivity index (χ1v) is 4.91. The molecule has 0 aliphatic carbocycles. The number of nitrogens with zero attached hydrogens (tertiary/aromatic N) is 2. The van der Waals surface area contributed by atoms with E-state index in [0.717, 1.165) is 31.5 Å². The van der Waals surface area contributed by atoms with Crippen LogP contribution < -0.4 is 5.32 Å². The molecule has 1 aliphatic heterocycles. The van der Waals surface area contributed by atoms with Crippen LogP contribution in [0.4, 0.5) is 15.8 Å². The molecule has 0 amide bonds. The fraction of sp³-hybridized carbons (Fsp3) is 0.300. The zero-order chi connectivity index (χ0) is 11.5. The van der Waals surface area contributed by atoms with Gasteiger partial charge in [0.25, 0.3) is 5.69 Å². The summed E-state index contributed by atoms with van der Waals surface area (Å²) >= 11 is 0. The number of halogens is 1. The summed E-state index contributed by atoms with van der Waals surface area (Å²) in [5, 5.41) is 13.3. The molecule has 0 atom stereocenters. The predicted molar refractivity (Wildman–Crippen MR) is 58.2 cm³/mol. The van der Waals surface area contributed by atoms with E-state index in [4.69, 9.17) is 0 Å². The third-order valence-corrected chi connectivity index (χ3v) is 2.31. The molecule has 1 N–H and O–H groups in total. The minimum Gasteiger partial charge on any atom is -0.341 e. The predicted octanol–water partition coefficient (Wildman–Crippen LogP) is 2.34. The molecule has 1 heterocycles. The van der Waals surface area contributed by atoms with E-state index in [1.165, 1.54) is 6.07 Å². The molecule has 0 aromatic heterocycles. The number of hydrogen-bond acceptors (Lipinski definition) is 4. The van der Waals surface area contributed by atoms with E-state index in [2.05, 4.69) is 10.3 Å². The van der Waals surface area contributed by atoms with Crippen LogP contribution in [0.1, 0.15) is 12.8 Å². The molecule has 1 aromatic rings. The minimum absolute atomic E-state index is 0.106. The maximum absolute atomic E-state index is 13.3. The van der Waals surface area contributed by atoms with Crippen LogP contribution in [-0.4, -0.2) is 17.3 Å². The van der Waals surface area contributed by atoms with Crippen molar-refractivity contribution in [3.8, 4) is 0 Å². The van der Waals surface area contributed by atoms with E-state index < -0.39 is 10.7 Å². The Bertz CT molecular complexity index is 459. The second kappa shape index (κ2) is 4.26. The average Bonchev–Trinajstić information content (AvgIpc) is 2.73. The molecule has 0 fully saturated rings. The molecule has 2 rings (SSSR count). The highest BCUT2D eigenvalue weighted by Gasteiger charge is 2.13. The molecule has 16 heavy (non-hydrogen) atoms. The summed E-state index contributed by atoms with van der Waals surface area (Å²) in [7, 11) is 0. The number of anilines is 1. The summed E-state index contributed by atoms with van der Waals surface area (Å²) in [6.45, 7) is 0.721. The Morgan fingerprint density at radius 2 is 2.31 bits per heavy atom. The summed E-state index contributed by atoms with van der Waals surface area (Å²) in [6.07, 6.45) is 1.68. The van der Waals surface area contributed by atoms with Gasteiger partial charge in [0.1, 0.15) is 11.7 Å². The molecule has 6 heteroatoms. The topological polar surface area (TPSA) is 67.5 Å². The standard InChI is InChI=1S/C10H10FN3O2/c11-8-4-3-7(14(15)16)6-9(8)13-10-2-1-5-12-10/h3-4,6H,1-2,5H2,(H,12,13). The number of aliphatic imine (C=N–C) groups is 1. The summed E-state index contributed by atoms with van der Waals surface area (Å²) < 4.78 is 13.3. The van der Waals surface area contributed by atoms with E-state index in [1.807, 2.05) is 0 Å². The SMILES string of the molecule is O=[N+]([O-])c1ccc(F)c(NC2=NCCC2)c1. The van der Waals surface area contributed by atoms with E-state index >= 15 is 0 Å². The zero-order valence-corrected chi connectivity index (χ0v) is 8.44. The van der Waals surface area contributed by atoms with Gasteiger partial charge in [-0.1, -0.05) is 0 Å². The van der Waals surface area contributed by atoms with Crippen molar-refractivity contribution in [2.75, 3.05) is 11.9 Å². The Morgan fingerprint density at radius 3 is 2.94 bits per heavy atom. The second-order valence-corrected chi connectivity index (χ2v) is 3.48. The van der Waals surface area contributed by atoms with Crippen molar-refractivity contribution < 1.29 is 9.31 Å². The smallest absolute Gasteiger partial charge is 0.271 e. The number of benzene rings is 1. The number of nitro groups is 1. The van der Waals surface area contributed by atoms with Crippen molar-refractivity contribution in [3.05, 3.63) is 34.1 Å². The van der Waals surface area contributed by atoms with Gasteiger partial charge in [-0.15, -0.1) is 0 Å². The molecule has 0 unspecified atom stereocenters. The van der Waals surface area contributed by atoms with E-state index in [0.29, 0.717) is 5.84 Å². The van der Waals surface area contributed by atoms with Crippen LogP contribution in [0.25, 0.3) is 0 Å². The maximum atomic E-state index is 13.3. The van der Waals surface area contributed by atoms with Crippen LogP contribution in [-0.2, 0) is 0 Å². The fourth-order valence-electron chi connectivity index (χ4n) is 1.52. The highest BCUT2D eigenvalue weighted by Crippen LogP contribution is 2.22. The third kappa shape index (κ3) is 2.16. The molecular formula is C10H10FN3O2. The van der Waals surface area contributed by atoms with Gasteiger partial charge in [0.05, 0.1) is 10.6 Å². The van der Waals surface area contributed by atoms with Crippen molar-refractivity contribution in [2.45, 2.75) is 12.8 Å². The zero-order valence-electron chi connectivity index (χ0n) is 8.44. The van der Waals surface area contributed by atoms with Crippen LogP contribution in [0, 0.1) is 15.9 Å². The highest BCUT2D eigenvalue weighted by atomic mass is 19.1. The lowest BCUT2D eigenvalue weighted by molar-refractivity contribution is -0.384. The van der Waals surface area contributed by atoms with Crippen molar-refractivity contribution in [3.63, 3.8) is 0 Å². The van der Waals surface area contributed by atoms with Crippen LogP contribution in [0.5, 0.6) is 0 Å². The highest BCUT2D eigenvalue weighted by molar-refractivity contribution is 5.96. The lowest BCUT2D eigenvalue weighted by Gasteiger charge is -2.06. The summed E-state index contributed by atoms with van der Waals surface area (Å²) in [5.41, 5.74) is -0.0302. The van der Waals surface area contributed by atoms with Crippen molar-refractivity contribution >= 4 is 17.2 Å². The summed E-state index contributed by atoms with van der Waals surface area (Å²) in [5.74, 6) is 0.166. The first-order chi connectivity index (χ1) is 7.66. The van der Waals surface area contributed by atoms with Gasteiger partial charge in [0.15, 0.2) is 0 Å². The molecular weight excluding hydrogens is 213 g/mol. The third-order valence-electron chi connectivity index (χ3n) is 2.31. The van der Waals surface area contributed by atoms with Crippen LogP contribution in [0.2, 0.25) is 0 Å². The number of non-ortho nitro benzene ring substituents is 1. The molecule has 1 aliphatic rings. The van der Waals surface area contributed by atoms with E-state index in [-0.39, 0.29) is 11.4 Å². The lowest BCUT2D eigenvalue weighted by Crippen LogP contribution is -2.10. The van der Waals surface area contributed by atoms with Gasteiger partial charge in [-0.3, -0.25) is 15.1 Å². The van der Waals surface area contributed by atoms with Crippen molar-refractivity contribution in [2.24, 2.45) is 4.99 Å². The fourth-order valence-corrected chi connectivity index (χ4v) is 1.52. The van der Waals surface area contributed by atoms with Crippen LogP contribution in [0.15, 0.2) is 23.2 Å². The molecule has 0 saturated carbocycles. The lowest BCUT2D eigenvalue weighted by atomic mass is 10.2. The Hall–Kier alpha value is -1.98. The van der Waals surface area contributed by atoms with Gasteiger partial charge < -0.3 is 5.32 Å². The van der Waals surface area contributed by atoms with Gasteiger partial charge >= 0.3 is 0 Å².